The molecule has 1 unspecified atom stereocenters. The van der Waals surface area contributed by atoms with Gasteiger partial charge in [-0.3, -0.25) is 4.79 Å². The lowest BCUT2D eigenvalue weighted by molar-refractivity contribution is 0.0747. The molecule has 6 nitrogen and oxygen atoms in total. The van der Waals surface area contributed by atoms with Gasteiger partial charge in [-0.1, -0.05) is 11.2 Å². The van der Waals surface area contributed by atoms with Crippen LogP contribution in [0.3, 0.4) is 0 Å². The summed E-state index contributed by atoms with van der Waals surface area (Å²) >= 11 is 0. The van der Waals surface area contributed by atoms with Gasteiger partial charge in [0, 0.05) is 44.9 Å². The SMILES string of the molecule is CC(CC(N)=NO)N(C)C(=O)c1cccc(N(C)C)c1. The van der Waals surface area contributed by atoms with Crippen molar-refractivity contribution in [2.24, 2.45) is 10.9 Å². The Morgan fingerprint density at radius 2 is 2.05 bits per heavy atom. The number of oxime groups is 1. The molecule has 1 atom stereocenters. The summed E-state index contributed by atoms with van der Waals surface area (Å²) in [5.41, 5.74) is 7.05. The zero-order chi connectivity index (χ0) is 15.3. The Kier molecular flexibility index (Phi) is 5.37. The number of rotatable bonds is 5. The molecule has 0 heterocycles. The van der Waals surface area contributed by atoms with Crippen molar-refractivity contribution in [2.75, 3.05) is 26.0 Å². The number of carbonyl (C=O) groups excluding carboxylic acids is 1. The third kappa shape index (κ3) is 3.88. The molecule has 0 spiro atoms. The lowest BCUT2D eigenvalue weighted by atomic mass is 10.1. The van der Waals surface area contributed by atoms with Crippen LogP contribution in [0.5, 0.6) is 0 Å². The van der Waals surface area contributed by atoms with Crippen LogP contribution in [-0.2, 0) is 0 Å². The Bertz CT molecular complexity index is 500. The number of nitrogens with zero attached hydrogens (tertiary/aromatic N) is 3. The summed E-state index contributed by atoms with van der Waals surface area (Å²) in [5, 5.41) is 11.5. The Morgan fingerprint density at radius 1 is 1.40 bits per heavy atom. The minimum absolute atomic E-state index is 0.0908. The van der Waals surface area contributed by atoms with E-state index in [0.29, 0.717) is 12.0 Å². The van der Waals surface area contributed by atoms with E-state index >= 15 is 0 Å². The second-order valence-corrected chi connectivity index (χ2v) is 5.01. The normalized spacial score (nSPS) is 12.9. The van der Waals surface area contributed by atoms with Gasteiger partial charge in [0.15, 0.2) is 0 Å². The van der Waals surface area contributed by atoms with E-state index in [1.165, 1.54) is 0 Å². The van der Waals surface area contributed by atoms with Crippen molar-refractivity contribution in [3.05, 3.63) is 29.8 Å². The van der Waals surface area contributed by atoms with Crippen molar-refractivity contribution in [2.45, 2.75) is 19.4 Å². The van der Waals surface area contributed by atoms with E-state index in [4.69, 9.17) is 10.9 Å². The lowest BCUT2D eigenvalue weighted by Crippen LogP contribution is -2.37. The lowest BCUT2D eigenvalue weighted by Gasteiger charge is -2.25. The van der Waals surface area contributed by atoms with Crippen LogP contribution in [-0.4, -0.2) is 49.0 Å². The first-order chi connectivity index (χ1) is 9.36. The van der Waals surface area contributed by atoms with Gasteiger partial charge in [0.2, 0.25) is 0 Å². The minimum Gasteiger partial charge on any atom is -0.409 e. The van der Waals surface area contributed by atoms with Gasteiger partial charge >= 0.3 is 0 Å². The van der Waals surface area contributed by atoms with Gasteiger partial charge in [-0.25, -0.2) is 0 Å². The number of benzene rings is 1. The molecule has 1 aromatic rings. The van der Waals surface area contributed by atoms with Gasteiger partial charge < -0.3 is 20.7 Å². The largest absolute Gasteiger partial charge is 0.409 e. The minimum atomic E-state index is -0.151. The van der Waals surface area contributed by atoms with Crippen LogP contribution in [0.15, 0.2) is 29.4 Å². The predicted molar refractivity (Wildman–Crippen MR) is 80.4 cm³/mol. The molecule has 0 fully saturated rings. The molecule has 0 radical (unpaired) electrons. The average molecular weight is 278 g/mol. The number of hydrogen-bond donors (Lipinski definition) is 2. The topological polar surface area (TPSA) is 82.2 Å². The highest BCUT2D eigenvalue weighted by atomic mass is 16.4. The van der Waals surface area contributed by atoms with Crippen LogP contribution < -0.4 is 10.6 Å². The fraction of sp³-hybridized carbons (Fsp3) is 0.429. The first-order valence-corrected chi connectivity index (χ1v) is 6.37. The highest BCUT2D eigenvalue weighted by molar-refractivity contribution is 5.95. The maximum absolute atomic E-state index is 12.4. The van der Waals surface area contributed by atoms with Crippen LogP contribution in [0.2, 0.25) is 0 Å². The van der Waals surface area contributed by atoms with Crippen LogP contribution >= 0.6 is 0 Å². The van der Waals surface area contributed by atoms with Crippen LogP contribution in [0.1, 0.15) is 23.7 Å². The Labute approximate surface area is 119 Å². The van der Waals surface area contributed by atoms with Crippen molar-refractivity contribution < 1.29 is 10.0 Å². The zero-order valence-electron chi connectivity index (χ0n) is 12.4. The van der Waals surface area contributed by atoms with Crippen molar-refractivity contribution in [3.8, 4) is 0 Å². The van der Waals surface area contributed by atoms with Gasteiger partial charge in [0.05, 0.1) is 0 Å². The van der Waals surface area contributed by atoms with E-state index in [2.05, 4.69) is 5.16 Å². The third-order valence-electron chi connectivity index (χ3n) is 3.22. The number of hydrogen-bond acceptors (Lipinski definition) is 4. The summed E-state index contributed by atoms with van der Waals surface area (Å²) in [6, 6.07) is 7.26. The molecule has 110 valence electrons. The summed E-state index contributed by atoms with van der Waals surface area (Å²) in [5.74, 6) is 0.0196. The second-order valence-electron chi connectivity index (χ2n) is 5.01. The Morgan fingerprint density at radius 3 is 2.60 bits per heavy atom. The van der Waals surface area contributed by atoms with Gasteiger partial charge in [-0.05, 0) is 25.1 Å². The fourth-order valence-corrected chi connectivity index (χ4v) is 1.80. The van der Waals surface area contributed by atoms with E-state index in [-0.39, 0.29) is 17.8 Å². The maximum Gasteiger partial charge on any atom is 0.253 e. The van der Waals surface area contributed by atoms with E-state index in [1.807, 2.05) is 44.1 Å². The first kappa shape index (κ1) is 15.8. The molecule has 20 heavy (non-hydrogen) atoms. The quantitative estimate of drug-likeness (QED) is 0.369. The summed E-state index contributed by atoms with van der Waals surface area (Å²) in [6.07, 6.45) is 0.326. The second kappa shape index (κ2) is 6.79. The van der Waals surface area contributed by atoms with Gasteiger partial charge in [0.1, 0.15) is 5.84 Å². The number of anilines is 1. The van der Waals surface area contributed by atoms with Crippen LogP contribution in [0, 0.1) is 0 Å². The maximum atomic E-state index is 12.4. The summed E-state index contributed by atoms with van der Waals surface area (Å²) < 4.78 is 0. The fourth-order valence-electron chi connectivity index (χ4n) is 1.80. The summed E-state index contributed by atoms with van der Waals surface area (Å²) in [6.45, 7) is 1.85. The number of carbonyl (C=O) groups is 1. The van der Waals surface area contributed by atoms with Crippen molar-refractivity contribution in [3.63, 3.8) is 0 Å². The number of amides is 1. The predicted octanol–water partition coefficient (Wildman–Crippen LogP) is 1.35. The van der Waals surface area contributed by atoms with Gasteiger partial charge in [-0.15, -0.1) is 0 Å². The first-order valence-electron chi connectivity index (χ1n) is 6.37. The van der Waals surface area contributed by atoms with Crippen LogP contribution in [0.25, 0.3) is 0 Å². The molecule has 0 saturated heterocycles. The van der Waals surface area contributed by atoms with Crippen molar-refractivity contribution in [1.29, 1.82) is 0 Å². The molecule has 3 N–H and O–H groups in total. The zero-order valence-corrected chi connectivity index (χ0v) is 12.4. The molecule has 1 aromatic carbocycles. The highest BCUT2D eigenvalue weighted by Crippen LogP contribution is 2.16. The van der Waals surface area contributed by atoms with Crippen LogP contribution in [0.4, 0.5) is 5.69 Å². The molecule has 6 heteroatoms. The Balaban J connectivity index is 2.86. The van der Waals surface area contributed by atoms with Gasteiger partial charge in [-0.2, -0.15) is 0 Å². The molecule has 0 bridgehead atoms. The van der Waals surface area contributed by atoms with E-state index in [9.17, 15) is 4.79 Å². The molecule has 0 saturated carbocycles. The number of nitrogens with two attached hydrogens (primary N) is 1. The molecule has 0 aromatic heterocycles. The Hall–Kier alpha value is -2.24. The molecule has 0 aliphatic rings. The average Bonchev–Trinajstić information content (AvgIpc) is 2.45. The molecule has 1 rings (SSSR count). The third-order valence-corrected chi connectivity index (χ3v) is 3.22. The molecular formula is C14H22N4O2. The van der Waals surface area contributed by atoms with E-state index in [0.717, 1.165) is 5.69 Å². The summed E-state index contributed by atoms with van der Waals surface area (Å²) in [4.78, 5) is 15.9. The molecule has 0 aliphatic heterocycles. The standard InChI is InChI=1S/C14H22N4O2/c1-10(8-13(15)16-20)18(4)14(19)11-6-5-7-12(9-11)17(2)3/h5-7,9-10,20H,8H2,1-4H3,(H2,15,16). The monoisotopic (exact) mass is 278 g/mol. The van der Waals surface area contributed by atoms with Gasteiger partial charge in [0.25, 0.3) is 5.91 Å². The van der Waals surface area contributed by atoms with E-state index in [1.54, 1.807) is 18.0 Å². The smallest absolute Gasteiger partial charge is 0.253 e. The molecule has 0 aliphatic carbocycles. The summed E-state index contributed by atoms with van der Waals surface area (Å²) in [7, 11) is 5.56. The van der Waals surface area contributed by atoms with Crippen molar-refractivity contribution in [1.82, 2.24) is 4.90 Å². The highest BCUT2D eigenvalue weighted by Gasteiger charge is 2.19. The molecule has 1 amide bonds. The van der Waals surface area contributed by atoms with Crippen molar-refractivity contribution >= 4 is 17.4 Å². The molecular weight excluding hydrogens is 256 g/mol. The van der Waals surface area contributed by atoms with E-state index < -0.39 is 0 Å². The number of amidine groups is 1.